The van der Waals surface area contributed by atoms with Crippen molar-refractivity contribution in [2.45, 2.75) is 59.3 Å². The molecule has 10 heteroatoms. The number of carbonyl (C=O) groups is 3. The van der Waals surface area contributed by atoms with Crippen LogP contribution in [0.5, 0.6) is 0 Å². The number of carbonyl (C=O) groups excluding carboxylic acids is 3. The third kappa shape index (κ3) is 5.12. The van der Waals surface area contributed by atoms with Crippen LogP contribution in [0.15, 0.2) is 0 Å². The Morgan fingerprint density at radius 2 is 1.75 bits per heavy atom. The van der Waals surface area contributed by atoms with Gasteiger partial charge in [0.25, 0.3) is 5.91 Å². The maximum absolute atomic E-state index is 12.4. The molecule has 0 saturated carbocycles. The first-order valence-corrected chi connectivity index (χ1v) is 10.8. The van der Waals surface area contributed by atoms with E-state index in [9.17, 15) is 22.8 Å². The molecule has 1 aliphatic heterocycles. The highest BCUT2D eigenvalue weighted by Gasteiger charge is 2.31. The molecular formula is C18H26N2O7S. The first-order valence-electron chi connectivity index (χ1n) is 9.03. The molecule has 2 heterocycles. The van der Waals surface area contributed by atoms with Gasteiger partial charge in [-0.05, 0) is 46.6 Å². The Morgan fingerprint density at radius 1 is 1.11 bits per heavy atom. The number of hydrogen-bond donors (Lipinski definition) is 2. The second-order valence-corrected chi connectivity index (χ2v) is 9.46. The number of H-pyrrole nitrogens is 1. The van der Waals surface area contributed by atoms with E-state index in [4.69, 9.17) is 9.47 Å². The third-order valence-electron chi connectivity index (χ3n) is 4.42. The van der Waals surface area contributed by atoms with Gasteiger partial charge in [-0.15, -0.1) is 0 Å². The van der Waals surface area contributed by atoms with E-state index in [1.807, 2.05) is 0 Å². The molecule has 1 amide bonds. The predicted molar refractivity (Wildman–Crippen MR) is 101 cm³/mol. The maximum atomic E-state index is 12.4. The highest BCUT2D eigenvalue weighted by atomic mass is 32.2. The molecule has 28 heavy (non-hydrogen) atoms. The average molecular weight is 414 g/mol. The molecule has 0 spiro atoms. The van der Waals surface area contributed by atoms with Gasteiger partial charge in [0.1, 0.15) is 5.69 Å². The minimum absolute atomic E-state index is 0.0301. The van der Waals surface area contributed by atoms with E-state index in [-0.39, 0.29) is 28.9 Å². The standard InChI is InChI=1S/C18H26N2O7S/c1-9(2)26-17(22)14-10(3)15(19-11(14)4)18(23)27-12(5)16(21)20-13-6-7-28(24,25)8-13/h9,12-13,19H,6-8H2,1-5H3,(H,20,21)/t12-,13+/m1/s1. The Hall–Kier alpha value is -2.36. The summed E-state index contributed by atoms with van der Waals surface area (Å²) in [6.07, 6.45) is -1.09. The van der Waals surface area contributed by atoms with Gasteiger partial charge in [0.05, 0.1) is 23.2 Å². The molecule has 1 aromatic rings. The molecule has 9 nitrogen and oxygen atoms in total. The van der Waals surface area contributed by atoms with Crippen LogP contribution in [0.1, 0.15) is 59.3 Å². The topological polar surface area (TPSA) is 132 Å². The Bertz CT molecular complexity index is 886. The van der Waals surface area contributed by atoms with Crippen molar-refractivity contribution in [2.75, 3.05) is 11.5 Å². The second-order valence-electron chi connectivity index (χ2n) is 7.24. The van der Waals surface area contributed by atoms with Crippen molar-refractivity contribution < 1.29 is 32.3 Å². The number of rotatable bonds is 6. The molecule has 2 atom stereocenters. The van der Waals surface area contributed by atoms with Crippen LogP contribution in [0, 0.1) is 13.8 Å². The Morgan fingerprint density at radius 3 is 2.29 bits per heavy atom. The van der Waals surface area contributed by atoms with Crippen molar-refractivity contribution in [3.8, 4) is 0 Å². The molecular weight excluding hydrogens is 388 g/mol. The van der Waals surface area contributed by atoms with Gasteiger partial charge in [0.2, 0.25) is 0 Å². The zero-order chi connectivity index (χ0) is 21.2. The SMILES string of the molecule is Cc1[nH]c(C(=O)O[C@H](C)C(=O)N[C@H]2CCS(=O)(=O)C2)c(C)c1C(=O)OC(C)C. The summed E-state index contributed by atoms with van der Waals surface area (Å²) >= 11 is 0. The minimum Gasteiger partial charge on any atom is -0.459 e. The molecule has 0 bridgehead atoms. The Labute approximate surface area is 164 Å². The summed E-state index contributed by atoms with van der Waals surface area (Å²) in [6.45, 7) is 8.07. The van der Waals surface area contributed by atoms with E-state index >= 15 is 0 Å². The summed E-state index contributed by atoms with van der Waals surface area (Å²) in [4.78, 5) is 39.7. The highest BCUT2D eigenvalue weighted by Crippen LogP contribution is 2.21. The van der Waals surface area contributed by atoms with Crippen LogP contribution in [-0.4, -0.2) is 61.0 Å². The first kappa shape index (κ1) is 21.9. The van der Waals surface area contributed by atoms with Crippen molar-refractivity contribution in [3.05, 3.63) is 22.5 Å². The van der Waals surface area contributed by atoms with Crippen LogP contribution in [-0.2, 0) is 24.1 Å². The molecule has 1 fully saturated rings. The number of hydrogen-bond acceptors (Lipinski definition) is 7. The molecule has 2 N–H and O–H groups in total. The molecule has 2 rings (SSSR count). The number of esters is 2. The van der Waals surface area contributed by atoms with Gasteiger partial charge >= 0.3 is 11.9 Å². The van der Waals surface area contributed by atoms with E-state index in [0.717, 1.165) is 0 Å². The van der Waals surface area contributed by atoms with Crippen LogP contribution < -0.4 is 5.32 Å². The lowest BCUT2D eigenvalue weighted by atomic mass is 10.1. The fourth-order valence-electron chi connectivity index (χ4n) is 3.03. The second kappa shape index (κ2) is 8.34. The van der Waals surface area contributed by atoms with Crippen LogP contribution >= 0.6 is 0 Å². The van der Waals surface area contributed by atoms with E-state index in [1.165, 1.54) is 6.92 Å². The fraction of sp³-hybridized carbons (Fsp3) is 0.611. The van der Waals surface area contributed by atoms with E-state index in [1.54, 1.807) is 27.7 Å². The van der Waals surface area contributed by atoms with Gasteiger partial charge in [-0.2, -0.15) is 0 Å². The predicted octanol–water partition coefficient (Wildman–Crippen LogP) is 1.05. The van der Waals surface area contributed by atoms with Crippen molar-refractivity contribution >= 4 is 27.7 Å². The van der Waals surface area contributed by atoms with Crippen molar-refractivity contribution in [3.63, 3.8) is 0 Å². The van der Waals surface area contributed by atoms with Gasteiger partial charge in [0, 0.05) is 11.7 Å². The summed E-state index contributed by atoms with van der Waals surface area (Å²) in [5, 5.41) is 2.58. The average Bonchev–Trinajstić information content (AvgIpc) is 3.04. The number of aromatic amines is 1. The first-order chi connectivity index (χ1) is 12.9. The van der Waals surface area contributed by atoms with Gasteiger partial charge in [-0.1, -0.05) is 0 Å². The lowest BCUT2D eigenvalue weighted by Gasteiger charge is -2.16. The van der Waals surface area contributed by atoms with E-state index < -0.39 is 39.8 Å². The van der Waals surface area contributed by atoms with Gasteiger partial charge in [0.15, 0.2) is 15.9 Å². The van der Waals surface area contributed by atoms with Crippen molar-refractivity contribution in [1.82, 2.24) is 10.3 Å². The molecule has 0 aromatic carbocycles. The monoisotopic (exact) mass is 414 g/mol. The molecule has 0 radical (unpaired) electrons. The quantitative estimate of drug-likeness (QED) is 0.665. The zero-order valence-corrected chi connectivity index (χ0v) is 17.4. The number of aromatic nitrogens is 1. The van der Waals surface area contributed by atoms with Crippen LogP contribution in [0.3, 0.4) is 0 Å². The molecule has 1 saturated heterocycles. The minimum atomic E-state index is -3.13. The number of ether oxygens (including phenoxy) is 2. The van der Waals surface area contributed by atoms with Gasteiger partial charge in [-0.25, -0.2) is 18.0 Å². The largest absolute Gasteiger partial charge is 0.459 e. The molecule has 0 unspecified atom stereocenters. The lowest BCUT2D eigenvalue weighted by molar-refractivity contribution is -0.129. The smallest absolute Gasteiger partial charge is 0.355 e. The van der Waals surface area contributed by atoms with Crippen molar-refractivity contribution in [1.29, 1.82) is 0 Å². The fourth-order valence-corrected chi connectivity index (χ4v) is 4.71. The molecule has 1 aromatic heterocycles. The summed E-state index contributed by atoms with van der Waals surface area (Å²) in [5.41, 5.74) is 1.16. The lowest BCUT2D eigenvalue weighted by Crippen LogP contribution is -2.42. The van der Waals surface area contributed by atoms with Gasteiger partial charge in [-0.3, -0.25) is 4.79 Å². The highest BCUT2D eigenvalue weighted by molar-refractivity contribution is 7.91. The van der Waals surface area contributed by atoms with E-state index in [0.29, 0.717) is 17.7 Å². The van der Waals surface area contributed by atoms with E-state index in [2.05, 4.69) is 10.3 Å². The zero-order valence-electron chi connectivity index (χ0n) is 16.6. The Kier molecular flexibility index (Phi) is 6.53. The third-order valence-corrected chi connectivity index (χ3v) is 6.19. The number of nitrogens with one attached hydrogen (secondary N) is 2. The molecule has 0 aliphatic carbocycles. The molecule has 156 valence electrons. The number of aryl methyl sites for hydroxylation is 1. The summed E-state index contributed by atoms with van der Waals surface area (Å²) in [5.74, 6) is -1.99. The summed E-state index contributed by atoms with van der Waals surface area (Å²) in [7, 11) is -3.13. The number of amides is 1. The number of sulfone groups is 1. The van der Waals surface area contributed by atoms with Crippen LogP contribution in [0.25, 0.3) is 0 Å². The Balaban J connectivity index is 2.04. The van der Waals surface area contributed by atoms with Crippen LogP contribution in [0.2, 0.25) is 0 Å². The molecule has 1 aliphatic rings. The maximum Gasteiger partial charge on any atom is 0.355 e. The van der Waals surface area contributed by atoms with Crippen molar-refractivity contribution in [2.24, 2.45) is 0 Å². The summed E-state index contributed by atoms with van der Waals surface area (Å²) < 4.78 is 33.3. The normalized spacial score (nSPS) is 19.3. The van der Waals surface area contributed by atoms with Crippen LogP contribution in [0.4, 0.5) is 0 Å². The van der Waals surface area contributed by atoms with Gasteiger partial charge < -0.3 is 19.8 Å². The summed E-state index contributed by atoms with van der Waals surface area (Å²) in [6, 6.07) is -0.481.